The molecule has 1 aromatic carbocycles. The van der Waals surface area contributed by atoms with Gasteiger partial charge < -0.3 is 15.8 Å². The predicted octanol–water partition coefficient (Wildman–Crippen LogP) is 1.98. The van der Waals surface area contributed by atoms with Crippen molar-refractivity contribution in [3.63, 3.8) is 0 Å². The van der Waals surface area contributed by atoms with E-state index in [1.54, 1.807) is 26.8 Å². The van der Waals surface area contributed by atoms with Crippen molar-refractivity contribution in [2.24, 2.45) is 16.8 Å². The largest absolute Gasteiger partial charge is 0.409 e. The zero-order valence-electron chi connectivity index (χ0n) is 11.9. The molecule has 110 valence electrons. The molecule has 5 nitrogen and oxygen atoms in total. The Morgan fingerprint density at radius 1 is 1.55 bits per heavy atom. The van der Waals surface area contributed by atoms with Gasteiger partial charge in [-0.05, 0) is 31.5 Å². The van der Waals surface area contributed by atoms with Crippen LogP contribution in [0.3, 0.4) is 0 Å². The van der Waals surface area contributed by atoms with E-state index in [4.69, 9.17) is 10.9 Å². The smallest absolute Gasteiger partial charge is 0.256 e. The zero-order chi connectivity index (χ0) is 15.3. The summed E-state index contributed by atoms with van der Waals surface area (Å²) in [6.07, 6.45) is 0. The minimum Gasteiger partial charge on any atom is -0.409 e. The predicted molar refractivity (Wildman–Crippen MR) is 75.3 cm³/mol. The summed E-state index contributed by atoms with van der Waals surface area (Å²) >= 11 is 0. The second-order valence-electron chi connectivity index (χ2n) is 4.75. The van der Waals surface area contributed by atoms with Crippen LogP contribution in [0.25, 0.3) is 0 Å². The number of oxime groups is 1. The molecule has 0 bridgehead atoms. The number of nitrogens with zero attached hydrogens (tertiary/aromatic N) is 2. The van der Waals surface area contributed by atoms with Crippen LogP contribution < -0.4 is 5.73 Å². The van der Waals surface area contributed by atoms with Crippen LogP contribution in [0, 0.1) is 18.7 Å². The summed E-state index contributed by atoms with van der Waals surface area (Å²) in [5.74, 6) is -1.20. The second-order valence-corrected chi connectivity index (χ2v) is 4.75. The molecule has 0 aromatic heterocycles. The van der Waals surface area contributed by atoms with E-state index in [1.807, 2.05) is 0 Å². The highest BCUT2D eigenvalue weighted by atomic mass is 19.1. The summed E-state index contributed by atoms with van der Waals surface area (Å²) in [5, 5.41) is 11.5. The van der Waals surface area contributed by atoms with E-state index >= 15 is 0 Å². The van der Waals surface area contributed by atoms with Crippen LogP contribution in [-0.2, 0) is 0 Å². The van der Waals surface area contributed by atoms with Gasteiger partial charge in [0, 0.05) is 19.0 Å². The maximum Gasteiger partial charge on any atom is 0.256 e. The summed E-state index contributed by atoms with van der Waals surface area (Å²) in [6.45, 7) is 5.96. The lowest BCUT2D eigenvalue weighted by Gasteiger charge is -2.24. The molecular formula is C14H20FN3O2. The Hall–Kier alpha value is -2.11. The Kier molecular flexibility index (Phi) is 5.49. The van der Waals surface area contributed by atoms with Gasteiger partial charge in [0.1, 0.15) is 11.7 Å². The highest BCUT2D eigenvalue weighted by Crippen LogP contribution is 2.14. The van der Waals surface area contributed by atoms with Gasteiger partial charge in [0.2, 0.25) is 0 Å². The standard InChI is InChI=1S/C14H20FN3O2/c1-4-18(8-10(3)13(16)17-20)14(19)11-6-5-9(2)7-12(11)15/h5-7,10,20H,4,8H2,1-3H3,(H2,16,17). The Labute approximate surface area is 117 Å². The molecule has 1 rings (SSSR count). The van der Waals surface area contributed by atoms with Gasteiger partial charge in [-0.3, -0.25) is 4.79 Å². The van der Waals surface area contributed by atoms with Crippen LogP contribution in [0.2, 0.25) is 0 Å². The number of halogens is 1. The highest BCUT2D eigenvalue weighted by Gasteiger charge is 2.21. The van der Waals surface area contributed by atoms with E-state index in [0.29, 0.717) is 6.54 Å². The van der Waals surface area contributed by atoms with Crippen molar-refractivity contribution in [3.05, 3.63) is 35.1 Å². The molecule has 6 heteroatoms. The summed E-state index contributed by atoms with van der Waals surface area (Å²) in [4.78, 5) is 13.8. The molecule has 1 aromatic rings. The number of hydrogen-bond donors (Lipinski definition) is 2. The minimum atomic E-state index is -0.537. The van der Waals surface area contributed by atoms with Crippen LogP contribution in [0.1, 0.15) is 29.8 Å². The Morgan fingerprint density at radius 2 is 2.20 bits per heavy atom. The Bertz CT molecular complexity index is 517. The molecule has 0 aliphatic heterocycles. The third kappa shape index (κ3) is 3.69. The van der Waals surface area contributed by atoms with E-state index in [2.05, 4.69) is 5.16 Å². The van der Waals surface area contributed by atoms with Crippen LogP contribution in [0.4, 0.5) is 4.39 Å². The van der Waals surface area contributed by atoms with Gasteiger partial charge in [0.15, 0.2) is 0 Å². The van der Waals surface area contributed by atoms with Crippen molar-refractivity contribution in [1.29, 1.82) is 0 Å². The van der Waals surface area contributed by atoms with E-state index < -0.39 is 11.7 Å². The average Bonchev–Trinajstić information content (AvgIpc) is 2.42. The molecule has 0 fully saturated rings. The molecule has 1 unspecified atom stereocenters. The second kappa shape index (κ2) is 6.88. The van der Waals surface area contributed by atoms with Crippen LogP contribution >= 0.6 is 0 Å². The van der Waals surface area contributed by atoms with Crippen molar-refractivity contribution in [1.82, 2.24) is 4.90 Å². The van der Waals surface area contributed by atoms with Crippen molar-refractivity contribution >= 4 is 11.7 Å². The van der Waals surface area contributed by atoms with Crippen molar-refractivity contribution in [2.45, 2.75) is 20.8 Å². The Balaban J connectivity index is 2.92. The van der Waals surface area contributed by atoms with E-state index in [-0.39, 0.29) is 23.9 Å². The number of aryl methyl sites for hydroxylation is 1. The molecular weight excluding hydrogens is 261 g/mol. The molecule has 0 saturated carbocycles. The first-order chi connectivity index (χ1) is 9.40. The van der Waals surface area contributed by atoms with Gasteiger partial charge in [-0.25, -0.2) is 4.39 Å². The number of hydrogen-bond acceptors (Lipinski definition) is 3. The number of carbonyl (C=O) groups excluding carboxylic acids is 1. The van der Waals surface area contributed by atoms with Gasteiger partial charge in [-0.1, -0.05) is 18.1 Å². The monoisotopic (exact) mass is 281 g/mol. The topological polar surface area (TPSA) is 78.9 Å². The van der Waals surface area contributed by atoms with Crippen molar-refractivity contribution in [2.75, 3.05) is 13.1 Å². The molecule has 0 aliphatic rings. The number of amides is 1. The van der Waals surface area contributed by atoms with Gasteiger partial charge in [0.25, 0.3) is 5.91 Å². The maximum absolute atomic E-state index is 13.8. The quantitative estimate of drug-likeness (QED) is 0.375. The van der Waals surface area contributed by atoms with E-state index in [9.17, 15) is 9.18 Å². The molecule has 0 aliphatic carbocycles. The number of carbonyl (C=O) groups is 1. The summed E-state index contributed by atoms with van der Waals surface area (Å²) < 4.78 is 13.8. The van der Waals surface area contributed by atoms with Crippen LogP contribution in [0.15, 0.2) is 23.4 Å². The van der Waals surface area contributed by atoms with Gasteiger partial charge in [-0.15, -0.1) is 0 Å². The molecule has 3 N–H and O–H groups in total. The third-order valence-electron chi connectivity index (χ3n) is 3.14. The fourth-order valence-corrected chi connectivity index (χ4v) is 1.84. The lowest BCUT2D eigenvalue weighted by atomic mass is 10.1. The maximum atomic E-state index is 13.8. The number of rotatable bonds is 5. The molecule has 0 spiro atoms. The normalized spacial score (nSPS) is 13.1. The number of nitrogens with two attached hydrogens (primary N) is 1. The third-order valence-corrected chi connectivity index (χ3v) is 3.14. The summed E-state index contributed by atoms with van der Waals surface area (Å²) in [6, 6.07) is 4.50. The van der Waals surface area contributed by atoms with Gasteiger partial charge in [0.05, 0.1) is 5.56 Å². The first-order valence-corrected chi connectivity index (χ1v) is 6.43. The fourth-order valence-electron chi connectivity index (χ4n) is 1.84. The summed E-state index contributed by atoms with van der Waals surface area (Å²) in [7, 11) is 0. The van der Waals surface area contributed by atoms with Gasteiger partial charge >= 0.3 is 0 Å². The molecule has 0 radical (unpaired) electrons. The Morgan fingerprint density at radius 3 is 2.70 bits per heavy atom. The van der Waals surface area contributed by atoms with E-state index in [0.717, 1.165) is 5.56 Å². The van der Waals surface area contributed by atoms with Crippen molar-refractivity contribution < 1.29 is 14.4 Å². The molecule has 0 saturated heterocycles. The lowest BCUT2D eigenvalue weighted by molar-refractivity contribution is 0.0749. The highest BCUT2D eigenvalue weighted by molar-refractivity contribution is 5.95. The number of amidine groups is 1. The summed E-state index contributed by atoms with van der Waals surface area (Å²) in [5.41, 5.74) is 6.28. The van der Waals surface area contributed by atoms with E-state index in [1.165, 1.54) is 17.0 Å². The molecule has 1 amide bonds. The first-order valence-electron chi connectivity index (χ1n) is 6.43. The fraction of sp³-hybridized carbons (Fsp3) is 0.429. The lowest BCUT2D eigenvalue weighted by Crippen LogP contribution is -2.39. The molecule has 0 heterocycles. The van der Waals surface area contributed by atoms with Crippen molar-refractivity contribution in [3.8, 4) is 0 Å². The van der Waals surface area contributed by atoms with Crippen LogP contribution in [-0.4, -0.2) is 34.9 Å². The van der Waals surface area contributed by atoms with Gasteiger partial charge in [-0.2, -0.15) is 0 Å². The molecule has 1 atom stereocenters. The zero-order valence-corrected chi connectivity index (χ0v) is 11.9. The minimum absolute atomic E-state index is 0.0316. The SMILES string of the molecule is CCN(CC(C)/C(N)=N/O)C(=O)c1ccc(C)cc1F. The van der Waals surface area contributed by atoms with Crippen LogP contribution in [0.5, 0.6) is 0 Å². The number of benzene rings is 1. The average molecular weight is 281 g/mol. The molecule has 20 heavy (non-hydrogen) atoms. The first kappa shape index (κ1) is 15.9.